The minimum Gasteiger partial charge on any atom is -0.492 e. The summed E-state index contributed by atoms with van der Waals surface area (Å²) < 4.78 is 5.84. The Hall–Kier alpha value is -1.09. The molecule has 0 bridgehead atoms. The number of para-hydroxylation sites is 1. The van der Waals surface area contributed by atoms with E-state index < -0.39 is 0 Å². The van der Waals surface area contributed by atoms with Crippen molar-refractivity contribution in [3.8, 4) is 5.75 Å². The number of aromatic nitrogens is 1. The van der Waals surface area contributed by atoms with Gasteiger partial charge in [0.15, 0.2) is 0 Å². The topological polar surface area (TPSA) is 22.1 Å². The van der Waals surface area contributed by atoms with Crippen LogP contribution in [0, 0.1) is 11.8 Å². The number of hydrogen-bond donors (Lipinski definition) is 0. The summed E-state index contributed by atoms with van der Waals surface area (Å²) in [7, 11) is 0. The number of rotatable bonds is 5. The zero-order valence-corrected chi connectivity index (χ0v) is 12.4. The molecule has 0 spiro atoms. The fourth-order valence-corrected chi connectivity index (χ4v) is 2.68. The molecule has 0 aliphatic rings. The predicted molar refractivity (Wildman–Crippen MR) is 79.4 cm³/mol. The molecular weight excluding hydrogens is 290 g/mol. The summed E-state index contributed by atoms with van der Waals surface area (Å²) in [4.78, 5) is 4.39. The highest BCUT2D eigenvalue weighted by Crippen LogP contribution is 2.20. The molecule has 0 saturated heterocycles. The van der Waals surface area contributed by atoms with Crippen LogP contribution in [0.4, 0.5) is 0 Å². The first-order valence-corrected chi connectivity index (χ1v) is 7.36. The molecule has 0 saturated carbocycles. The molecule has 2 nitrogen and oxygen atoms in total. The van der Waals surface area contributed by atoms with Gasteiger partial charge in [0.1, 0.15) is 5.75 Å². The SMILES string of the molecule is CC(C)C(CBr)COc1cnc2ccccc2c1. The quantitative estimate of drug-likeness (QED) is 0.769. The highest BCUT2D eigenvalue weighted by atomic mass is 79.9. The maximum absolute atomic E-state index is 5.84. The fraction of sp³-hybridized carbons (Fsp3) is 0.400. The van der Waals surface area contributed by atoms with Crippen molar-refractivity contribution < 1.29 is 4.74 Å². The molecule has 0 amide bonds. The van der Waals surface area contributed by atoms with Crippen molar-refractivity contribution in [2.75, 3.05) is 11.9 Å². The third-order valence-corrected chi connectivity index (χ3v) is 4.00. The van der Waals surface area contributed by atoms with Crippen LogP contribution in [-0.2, 0) is 0 Å². The van der Waals surface area contributed by atoms with Crippen molar-refractivity contribution in [3.05, 3.63) is 36.5 Å². The number of hydrogen-bond acceptors (Lipinski definition) is 2. The molecule has 1 aromatic carbocycles. The number of pyridine rings is 1. The lowest BCUT2D eigenvalue weighted by Gasteiger charge is -2.18. The monoisotopic (exact) mass is 307 g/mol. The van der Waals surface area contributed by atoms with Crippen LogP contribution in [0.1, 0.15) is 13.8 Å². The van der Waals surface area contributed by atoms with E-state index in [0.717, 1.165) is 28.6 Å². The predicted octanol–water partition coefficient (Wildman–Crippen LogP) is 4.28. The highest BCUT2D eigenvalue weighted by Gasteiger charge is 2.12. The third kappa shape index (κ3) is 3.22. The fourth-order valence-electron chi connectivity index (χ4n) is 1.75. The lowest BCUT2D eigenvalue weighted by molar-refractivity contribution is 0.227. The van der Waals surface area contributed by atoms with Gasteiger partial charge in [-0.2, -0.15) is 0 Å². The molecule has 0 fully saturated rings. The molecule has 0 aliphatic carbocycles. The van der Waals surface area contributed by atoms with E-state index in [0.29, 0.717) is 11.8 Å². The maximum atomic E-state index is 5.84. The summed E-state index contributed by atoms with van der Waals surface area (Å²) >= 11 is 3.53. The lowest BCUT2D eigenvalue weighted by Crippen LogP contribution is -2.19. The van der Waals surface area contributed by atoms with Crippen LogP contribution in [0.15, 0.2) is 36.5 Å². The molecule has 1 atom stereocenters. The van der Waals surface area contributed by atoms with E-state index >= 15 is 0 Å². The summed E-state index contributed by atoms with van der Waals surface area (Å²) in [6.07, 6.45) is 1.80. The van der Waals surface area contributed by atoms with E-state index in [9.17, 15) is 0 Å². The first-order valence-electron chi connectivity index (χ1n) is 6.24. The second kappa shape index (κ2) is 6.19. The molecule has 0 aliphatic heterocycles. The van der Waals surface area contributed by atoms with Crippen molar-refractivity contribution in [1.29, 1.82) is 0 Å². The lowest BCUT2D eigenvalue weighted by atomic mass is 9.99. The van der Waals surface area contributed by atoms with Gasteiger partial charge in [-0.3, -0.25) is 4.98 Å². The van der Waals surface area contributed by atoms with Crippen LogP contribution in [-0.4, -0.2) is 16.9 Å². The molecule has 1 aromatic heterocycles. The van der Waals surface area contributed by atoms with Gasteiger partial charge in [-0.15, -0.1) is 0 Å². The van der Waals surface area contributed by atoms with Crippen LogP contribution in [0.5, 0.6) is 5.75 Å². The van der Waals surface area contributed by atoms with Gasteiger partial charge in [0.2, 0.25) is 0 Å². The van der Waals surface area contributed by atoms with Gasteiger partial charge < -0.3 is 4.74 Å². The van der Waals surface area contributed by atoms with E-state index in [1.807, 2.05) is 24.3 Å². The van der Waals surface area contributed by atoms with Crippen molar-refractivity contribution in [2.45, 2.75) is 13.8 Å². The van der Waals surface area contributed by atoms with E-state index in [1.54, 1.807) is 6.20 Å². The second-order valence-corrected chi connectivity index (χ2v) is 5.48. The highest BCUT2D eigenvalue weighted by molar-refractivity contribution is 9.09. The van der Waals surface area contributed by atoms with E-state index in [-0.39, 0.29) is 0 Å². The Kier molecular flexibility index (Phi) is 4.59. The Bertz CT molecular complexity index is 513. The van der Waals surface area contributed by atoms with Crippen molar-refractivity contribution in [3.63, 3.8) is 0 Å². The van der Waals surface area contributed by atoms with E-state index in [4.69, 9.17) is 4.74 Å². The number of nitrogens with zero attached hydrogens (tertiary/aromatic N) is 1. The molecular formula is C15H18BrNO. The number of fused-ring (bicyclic) bond motifs is 1. The summed E-state index contributed by atoms with van der Waals surface area (Å²) in [6, 6.07) is 10.1. The summed E-state index contributed by atoms with van der Waals surface area (Å²) in [6.45, 7) is 5.16. The Labute approximate surface area is 117 Å². The van der Waals surface area contributed by atoms with Gasteiger partial charge >= 0.3 is 0 Å². The van der Waals surface area contributed by atoms with Gasteiger partial charge in [0.25, 0.3) is 0 Å². The van der Waals surface area contributed by atoms with Crippen LogP contribution in [0.3, 0.4) is 0 Å². The number of ether oxygens (including phenoxy) is 1. The second-order valence-electron chi connectivity index (χ2n) is 4.83. The summed E-state index contributed by atoms with van der Waals surface area (Å²) in [5.74, 6) is 1.98. The van der Waals surface area contributed by atoms with Crippen LogP contribution in [0.2, 0.25) is 0 Å². The Morgan fingerprint density at radius 1 is 1.28 bits per heavy atom. The molecule has 96 valence electrons. The number of halogens is 1. The van der Waals surface area contributed by atoms with E-state index in [2.05, 4.69) is 40.8 Å². The third-order valence-electron chi connectivity index (χ3n) is 3.17. The largest absolute Gasteiger partial charge is 0.492 e. The van der Waals surface area contributed by atoms with Gasteiger partial charge in [-0.1, -0.05) is 48.0 Å². The Morgan fingerprint density at radius 3 is 2.78 bits per heavy atom. The molecule has 18 heavy (non-hydrogen) atoms. The molecule has 1 heterocycles. The van der Waals surface area contributed by atoms with Crippen LogP contribution < -0.4 is 4.74 Å². The first-order chi connectivity index (χ1) is 8.70. The molecule has 2 aromatic rings. The smallest absolute Gasteiger partial charge is 0.138 e. The van der Waals surface area contributed by atoms with Gasteiger partial charge in [-0.05, 0) is 18.1 Å². The molecule has 2 rings (SSSR count). The zero-order chi connectivity index (χ0) is 13.0. The van der Waals surface area contributed by atoms with Crippen molar-refractivity contribution in [2.24, 2.45) is 11.8 Å². The molecule has 1 unspecified atom stereocenters. The molecule has 0 radical (unpaired) electrons. The maximum Gasteiger partial charge on any atom is 0.138 e. The molecule has 3 heteroatoms. The number of benzene rings is 1. The average Bonchev–Trinajstić information content (AvgIpc) is 2.39. The van der Waals surface area contributed by atoms with Crippen LogP contribution in [0.25, 0.3) is 10.9 Å². The van der Waals surface area contributed by atoms with Crippen molar-refractivity contribution in [1.82, 2.24) is 4.98 Å². The van der Waals surface area contributed by atoms with Gasteiger partial charge in [-0.25, -0.2) is 0 Å². The van der Waals surface area contributed by atoms with Gasteiger partial charge in [0, 0.05) is 16.6 Å². The average molecular weight is 308 g/mol. The minimum atomic E-state index is 0.525. The minimum absolute atomic E-state index is 0.525. The Morgan fingerprint density at radius 2 is 2.06 bits per heavy atom. The van der Waals surface area contributed by atoms with Crippen molar-refractivity contribution >= 4 is 26.8 Å². The summed E-state index contributed by atoms with van der Waals surface area (Å²) in [5.41, 5.74) is 1.01. The number of alkyl halides is 1. The van der Waals surface area contributed by atoms with Gasteiger partial charge in [0.05, 0.1) is 18.3 Å². The zero-order valence-electron chi connectivity index (χ0n) is 10.8. The standard InChI is InChI=1S/C15H18BrNO/c1-11(2)13(8-16)10-18-14-7-12-5-3-4-6-15(12)17-9-14/h3-7,9,11,13H,8,10H2,1-2H3. The van der Waals surface area contributed by atoms with Crippen LogP contribution >= 0.6 is 15.9 Å². The normalized spacial score (nSPS) is 12.9. The first kappa shape index (κ1) is 13.3. The Balaban J connectivity index is 2.07. The van der Waals surface area contributed by atoms with E-state index in [1.165, 1.54) is 0 Å². The molecule has 0 N–H and O–H groups in total. The summed E-state index contributed by atoms with van der Waals surface area (Å²) in [5, 5.41) is 2.08.